The number of para-hydroxylation sites is 1. The first kappa shape index (κ1) is 26.5. The Morgan fingerprint density at radius 2 is 1.58 bits per heavy atom. The van der Waals surface area contributed by atoms with E-state index in [9.17, 15) is 14.4 Å². The maximum absolute atomic E-state index is 13.9. The molecule has 0 saturated carbocycles. The number of methoxy groups -OCH3 is 1. The number of amides is 4. The molecule has 0 saturated heterocycles. The fraction of sp³-hybridized carbons (Fsp3) is 0.233. The number of fused-ring (bicyclic) bond motifs is 1. The zero-order chi connectivity index (χ0) is 27.3. The van der Waals surface area contributed by atoms with Crippen LogP contribution in [0.1, 0.15) is 31.9 Å². The van der Waals surface area contributed by atoms with Crippen LogP contribution in [0, 0.1) is 0 Å². The summed E-state index contributed by atoms with van der Waals surface area (Å²) in [5.74, 6) is -0.0603. The third kappa shape index (κ3) is 6.39. The van der Waals surface area contributed by atoms with Gasteiger partial charge in [0.1, 0.15) is 18.3 Å². The van der Waals surface area contributed by atoms with E-state index >= 15 is 0 Å². The number of ether oxygens (including phenoxy) is 1. The number of nitrogens with zero attached hydrogens (tertiary/aromatic N) is 1. The molecule has 8 heteroatoms. The van der Waals surface area contributed by atoms with Crippen LogP contribution in [0.4, 0.5) is 16.2 Å². The van der Waals surface area contributed by atoms with E-state index in [1.54, 1.807) is 37.5 Å². The first-order valence-electron chi connectivity index (χ1n) is 12.4. The molecule has 3 aromatic carbocycles. The number of urea groups is 1. The van der Waals surface area contributed by atoms with Crippen molar-refractivity contribution in [1.82, 2.24) is 10.6 Å². The highest BCUT2D eigenvalue weighted by atomic mass is 16.5. The number of carbonyl (C=O) groups excluding carboxylic acids is 3. The standard InChI is InChI=1S/C30H32N4O4/c1-30(2,3)33-27(35)19-34-26-13-9-8-12-23(26)24(20-10-6-5-7-11-20)18-25(28(34)36)32-29(37)31-21-14-16-22(38-4)17-15-21/h5-18,25H,19H2,1-4H3,(H,33,35)(H2,31,32,37). The number of benzene rings is 3. The highest BCUT2D eigenvalue weighted by molar-refractivity contribution is 6.09. The molecule has 0 bridgehead atoms. The minimum absolute atomic E-state index is 0.193. The second-order valence-corrected chi connectivity index (χ2v) is 9.99. The van der Waals surface area contributed by atoms with Gasteiger partial charge in [0.25, 0.3) is 5.91 Å². The second kappa shape index (κ2) is 11.2. The Balaban J connectivity index is 1.70. The molecule has 0 fully saturated rings. The molecule has 8 nitrogen and oxygen atoms in total. The summed E-state index contributed by atoms with van der Waals surface area (Å²) < 4.78 is 5.16. The summed E-state index contributed by atoms with van der Waals surface area (Å²) >= 11 is 0. The van der Waals surface area contributed by atoms with Crippen LogP contribution in [0.3, 0.4) is 0 Å². The first-order valence-corrected chi connectivity index (χ1v) is 12.4. The van der Waals surface area contributed by atoms with E-state index in [4.69, 9.17) is 4.74 Å². The Bertz CT molecular complexity index is 1340. The lowest BCUT2D eigenvalue weighted by molar-refractivity contribution is -0.125. The lowest BCUT2D eigenvalue weighted by Gasteiger charge is -2.28. The van der Waals surface area contributed by atoms with Gasteiger partial charge in [-0.3, -0.25) is 9.59 Å². The molecule has 1 heterocycles. The quantitative estimate of drug-likeness (QED) is 0.450. The molecule has 0 aliphatic carbocycles. The molecule has 196 valence electrons. The molecule has 0 aromatic heterocycles. The maximum atomic E-state index is 13.9. The Hall–Kier alpha value is -4.59. The number of hydrogen-bond acceptors (Lipinski definition) is 4. The molecule has 3 aromatic rings. The number of carbonyl (C=O) groups is 3. The van der Waals surface area contributed by atoms with Crippen LogP contribution < -0.4 is 25.6 Å². The minimum atomic E-state index is -1.03. The SMILES string of the molecule is COc1ccc(NC(=O)NC2C=C(c3ccccc3)c3ccccc3N(CC(=O)NC(C)(C)C)C2=O)cc1. The predicted octanol–water partition coefficient (Wildman–Crippen LogP) is 4.58. The monoisotopic (exact) mass is 512 g/mol. The van der Waals surface area contributed by atoms with Crippen LogP contribution in [-0.2, 0) is 9.59 Å². The first-order chi connectivity index (χ1) is 18.1. The van der Waals surface area contributed by atoms with Gasteiger partial charge in [-0.1, -0.05) is 48.5 Å². The molecular weight excluding hydrogens is 480 g/mol. The number of hydrogen-bond donors (Lipinski definition) is 3. The van der Waals surface area contributed by atoms with Gasteiger partial charge in [0, 0.05) is 16.8 Å². The van der Waals surface area contributed by atoms with Crippen LogP contribution in [0.5, 0.6) is 5.75 Å². The summed E-state index contributed by atoms with van der Waals surface area (Å²) in [5.41, 5.74) is 3.13. The van der Waals surface area contributed by atoms with Gasteiger partial charge in [-0.15, -0.1) is 0 Å². The van der Waals surface area contributed by atoms with Crippen molar-refractivity contribution in [2.45, 2.75) is 32.4 Å². The van der Waals surface area contributed by atoms with E-state index in [1.165, 1.54) is 4.90 Å². The zero-order valence-electron chi connectivity index (χ0n) is 21.9. The van der Waals surface area contributed by atoms with Gasteiger partial charge in [-0.25, -0.2) is 4.79 Å². The van der Waals surface area contributed by atoms with Gasteiger partial charge >= 0.3 is 6.03 Å². The van der Waals surface area contributed by atoms with Crippen LogP contribution in [0.15, 0.2) is 84.9 Å². The lowest BCUT2D eigenvalue weighted by atomic mass is 9.95. The fourth-order valence-corrected chi connectivity index (χ4v) is 4.27. The minimum Gasteiger partial charge on any atom is -0.497 e. The zero-order valence-corrected chi connectivity index (χ0v) is 21.9. The van der Waals surface area contributed by atoms with Crippen LogP contribution in [-0.4, -0.2) is 43.1 Å². The third-order valence-corrected chi connectivity index (χ3v) is 5.89. The summed E-state index contributed by atoms with van der Waals surface area (Å²) in [7, 11) is 1.56. The normalized spacial score (nSPS) is 15.1. The molecule has 38 heavy (non-hydrogen) atoms. The van der Waals surface area contributed by atoms with E-state index in [0.717, 1.165) is 16.7 Å². The fourth-order valence-electron chi connectivity index (χ4n) is 4.27. The van der Waals surface area contributed by atoms with Crippen molar-refractivity contribution in [1.29, 1.82) is 0 Å². The van der Waals surface area contributed by atoms with E-state index < -0.39 is 23.5 Å². The van der Waals surface area contributed by atoms with Gasteiger partial charge < -0.3 is 25.6 Å². The molecule has 4 rings (SSSR count). The molecular formula is C30H32N4O4. The molecule has 1 atom stereocenters. The molecule has 4 amide bonds. The van der Waals surface area contributed by atoms with Gasteiger partial charge in [0.05, 0.1) is 12.8 Å². The van der Waals surface area contributed by atoms with E-state index in [2.05, 4.69) is 16.0 Å². The summed E-state index contributed by atoms with van der Waals surface area (Å²) in [6, 6.07) is 22.4. The van der Waals surface area contributed by atoms with Crippen LogP contribution in [0.2, 0.25) is 0 Å². The Labute approximate surface area is 222 Å². The lowest BCUT2D eigenvalue weighted by Crippen LogP contribution is -2.52. The number of anilines is 2. The molecule has 1 unspecified atom stereocenters. The third-order valence-electron chi connectivity index (χ3n) is 5.89. The summed E-state index contributed by atoms with van der Waals surface area (Å²) in [5, 5.41) is 8.47. The predicted molar refractivity (Wildman–Crippen MR) is 149 cm³/mol. The summed E-state index contributed by atoms with van der Waals surface area (Å²) in [6.45, 7) is 5.45. The van der Waals surface area contributed by atoms with Crippen molar-refractivity contribution >= 4 is 34.8 Å². The number of rotatable bonds is 6. The van der Waals surface area contributed by atoms with Crippen molar-refractivity contribution in [2.75, 3.05) is 23.9 Å². The highest BCUT2D eigenvalue weighted by Crippen LogP contribution is 2.35. The topological polar surface area (TPSA) is 99.8 Å². The van der Waals surface area contributed by atoms with E-state index in [0.29, 0.717) is 17.1 Å². The summed E-state index contributed by atoms with van der Waals surface area (Å²) in [6.07, 6.45) is 1.74. The van der Waals surface area contributed by atoms with Crippen molar-refractivity contribution in [3.05, 3.63) is 96.1 Å². The second-order valence-electron chi connectivity index (χ2n) is 9.99. The highest BCUT2D eigenvalue weighted by Gasteiger charge is 2.33. The van der Waals surface area contributed by atoms with Crippen molar-refractivity contribution in [3.63, 3.8) is 0 Å². The Morgan fingerprint density at radius 1 is 0.921 bits per heavy atom. The van der Waals surface area contributed by atoms with Crippen LogP contribution >= 0.6 is 0 Å². The van der Waals surface area contributed by atoms with E-state index in [-0.39, 0.29) is 12.5 Å². The molecule has 1 aliphatic heterocycles. The van der Waals surface area contributed by atoms with Gasteiger partial charge in [0.15, 0.2) is 0 Å². The van der Waals surface area contributed by atoms with Crippen molar-refractivity contribution in [2.24, 2.45) is 0 Å². The van der Waals surface area contributed by atoms with Crippen LogP contribution in [0.25, 0.3) is 5.57 Å². The summed E-state index contributed by atoms with van der Waals surface area (Å²) in [4.78, 5) is 41.3. The van der Waals surface area contributed by atoms with Crippen molar-refractivity contribution < 1.29 is 19.1 Å². The number of nitrogens with one attached hydrogen (secondary N) is 3. The average molecular weight is 513 g/mol. The Kier molecular flexibility index (Phi) is 7.81. The molecule has 0 radical (unpaired) electrons. The van der Waals surface area contributed by atoms with Crippen molar-refractivity contribution in [3.8, 4) is 5.75 Å². The average Bonchev–Trinajstić information content (AvgIpc) is 2.99. The largest absolute Gasteiger partial charge is 0.497 e. The molecule has 0 spiro atoms. The van der Waals surface area contributed by atoms with Gasteiger partial charge in [0.2, 0.25) is 5.91 Å². The van der Waals surface area contributed by atoms with Gasteiger partial charge in [-0.05, 0) is 68.3 Å². The molecule has 1 aliphatic rings. The maximum Gasteiger partial charge on any atom is 0.320 e. The van der Waals surface area contributed by atoms with Gasteiger partial charge in [-0.2, -0.15) is 0 Å². The van der Waals surface area contributed by atoms with E-state index in [1.807, 2.05) is 75.4 Å². The smallest absolute Gasteiger partial charge is 0.320 e. The Morgan fingerprint density at radius 3 is 2.24 bits per heavy atom. The molecule has 3 N–H and O–H groups in total.